The van der Waals surface area contributed by atoms with Gasteiger partial charge in [0.15, 0.2) is 18.1 Å². The van der Waals surface area contributed by atoms with E-state index in [1.54, 1.807) is 29.5 Å². The van der Waals surface area contributed by atoms with Crippen LogP contribution >= 0.6 is 27.3 Å². The van der Waals surface area contributed by atoms with Gasteiger partial charge in [-0.1, -0.05) is 34.1 Å². The molecule has 1 aromatic heterocycles. The zero-order chi connectivity index (χ0) is 22.5. The van der Waals surface area contributed by atoms with Gasteiger partial charge in [-0.2, -0.15) is 5.10 Å². The minimum Gasteiger partial charge on any atom is -0.490 e. The Hall–Kier alpha value is -2.97. The summed E-state index contributed by atoms with van der Waals surface area (Å²) in [6.07, 6.45) is 1.37. The number of amides is 1. The van der Waals surface area contributed by atoms with Gasteiger partial charge in [-0.15, -0.1) is 11.3 Å². The fourth-order valence-electron chi connectivity index (χ4n) is 3.48. The van der Waals surface area contributed by atoms with Gasteiger partial charge in [0.05, 0.1) is 18.4 Å². The molecule has 0 saturated carbocycles. The van der Waals surface area contributed by atoms with E-state index in [0.717, 1.165) is 26.9 Å². The van der Waals surface area contributed by atoms with Crippen LogP contribution in [0.25, 0.3) is 0 Å². The zero-order valence-corrected chi connectivity index (χ0v) is 19.8. The van der Waals surface area contributed by atoms with E-state index in [0.29, 0.717) is 30.1 Å². The van der Waals surface area contributed by atoms with Crippen LogP contribution in [-0.2, 0) is 4.79 Å². The number of carbonyl (C=O) groups is 2. The topological polar surface area (TPSA) is 68.2 Å². The maximum atomic E-state index is 13.2. The summed E-state index contributed by atoms with van der Waals surface area (Å²) in [4.78, 5) is 25.3. The number of hydrogen-bond acceptors (Lipinski definition) is 6. The second-order valence-electron chi connectivity index (χ2n) is 7.08. The molecule has 8 heteroatoms. The Labute approximate surface area is 198 Å². The normalized spacial score (nSPS) is 15.4. The molecule has 1 unspecified atom stereocenters. The maximum Gasteiger partial charge on any atom is 0.281 e. The number of nitrogens with zero attached hydrogens (tertiary/aromatic N) is 2. The first-order valence-corrected chi connectivity index (χ1v) is 11.8. The van der Waals surface area contributed by atoms with Crippen molar-refractivity contribution in [3.63, 3.8) is 0 Å². The highest BCUT2D eigenvalue weighted by Crippen LogP contribution is 2.36. The number of thiophene rings is 1. The van der Waals surface area contributed by atoms with E-state index in [1.165, 1.54) is 5.01 Å². The Balaban J connectivity index is 1.55. The van der Waals surface area contributed by atoms with E-state index in [-0.39, 0.29) is 18.6 Å². The second kappa shape index (κ2) is 10.1. The summed E-state index contributed by atoms with van der Waals surface area (Å²) in [5.74, 6) is 0.587. The zero-order valence-electron chi connectivity index (χ0n) is 17.4. The van der Waals surface area contributed by atoms with Crippen molar-refractivity contribution < 1.29 is 19.1 Å². The summed E-state index contributed by atoms with van der Waals surface area (Å²) in [6, 6.07) is 16.6. The van der Waals surface area contributed by atoms with Gasteiger partial charge in [-0.3, -0.25) is 9.59 Å². The molecule has 2 heterocycles. The van der Waals surface area contributed by atoms with Crippen LogP contribution in [0.2, 0.25) is 0 Å². The van der Waals surface area contributed by atoms with Gasteiger partial charge in [-0.05, 0) is 54.3 Å². The Kier molecular flexibility index (Phi) is 7.02. The van der Waals surface area contributed by atoms with E-state index in [4.69, 9.17) is 9.47 Å². The molecule has 1 atom stereocenters. The first kappa shape index (κ1) is 22.2. The van der Waals surface area contributed by atoms with Crippen molar-refractivity contribution in [3.05, 3.63) is 80.5 Å². The predicted molar refractivity (Wildman–Crippen MR) is 128 cm³/mol. The molecule has 32 heavy (non-hydrogen) atoms. The molecular formula is C24H21BrN2O4S. The van der Waals surface area contributed by atoms with E-state index >= 15 is 0 Å². The monoisotopic (exact) mass is 512 g/mol. The van der Waals surface area contributed by atoms with Crippen LogP contribution < -0.4 is 9.47 Å². The molecule has 0 aliphatic carbocycles. The SMILES string of the molecule is CCOc1cc(C=O)ccc1OCC(=O)N1N=C(c2cccc(Br)c2)CC1c1cccs1. The number of benzene rings is 2. The third-order valence-corrected chi connectivity index (χ3v) is 6.42. The average molecular weight is 513 g/mol. The van der Waals surface area contributed by atoms with Gasteiger partial charge >= 0.3 is 0 Å². The van der Waals surface area contributed by atoms with Crippen LogP contribution in [0.1, 0.15) is 40.2 Å². The quantitative estimate of drug-likeness (QED) is 0.374. The predicted octanol–water partition coefficient (Wildman–Crippen LogP) is 5.48. The number of aldehydes is 1. The summed E-state index contributed by atoms with van der Waals surface area (Å²) in [5, 5.41) is 8.17. The van der Waals surface area contributed by atoms with Gasteiger partial charge in [0.1, 0.15) is 6.29 Å². The molecular weight excluding hydrogens is 492 g/mol. The lowest BCUT2D eigenvalue weighted by molar-refractivity contribution is -0.135. The summed E-state index contributed by atoms with van der Waals surface area (Å²) >= 11 is 5.10. The molecule has 1 aliphatic heterocycles. The van der Waals surface area contributed by atoms with Crippen LogP contribution in [-0.4, -0.2) is 36.1 Å². The molecule has 0 N–H and O–H groups in total. The van der Waals surface area contributed by atoms with E-state index in [9.17, 15) is 9.59 Å². The maximum absolute atomic E-state index is 13.2. The minimum absolute atomic E-state index is 0.177. The van der Waals surface area contributed by atoms with Gasteiger partial charge in [0.25, 0.3) is 5.91 Å². The standard InChI is InChI=1S/C24H21BrN2O4S/c1-2-30-22-11-16(14-28)8-9-21(22)31-15-24(29)27-20(23-7-4-10-32-23)13-19(26-27)17-5-3-6-18(25)12-17/h3-12,14,20H,2,13,15H2,1H3. The fourth-order valence-corrected chi connectivity index (χ4v) is 4.69. The molecule has 0 spiro atoms. The highest BCUT2D eigenvalue weighted by Gasteiger charge is 2.34. The summed E-state index contributed by atoms with van der Waals surface area (Å²) in [7, 11) is 0. The van der Waals surface area contributed by atoms with Crippen LogP contribution in [0.3, 0.4) is 0 Å². The van der Waals surface area contributed by atoms with Gasteiger partial charge in [-0.25, -0.2) is 5.01 Å². The molecule has 1 amide bonds. The van der Waals surface area contributed by atoms with Gasteiger partial charge in [0.2, 0.25) is 0 Å². The van der Waals surface area contributed by atoms with Crippen molar-refractivity contribution in [2.45, 2.75) is 19.4 Å². The van der Waals surface area contributed by atoms with E-state index in [2.05, 4.69) is 21.0 Å². The second-order valence-corrected chi connectivity index (χ2v) is 8.97. The molecule has 0 fully saturated rings. The van der Waals surface area contributed by atoms with E-state index in [1.807, 2.05) is 48.7 Å². The lowest BCUT2D eigenvalue weighted by Crippen LogP contribution is -2.31. The Morgan fingerprint density at radius 2 is 2.06 bits per heavy atom. The van der Waals surface area contributed by atoms with Crippen LogP contribution in [0.5, 0.6) is 11.5 Å². The van der Waals surface area contributed by atoms with Crippen molar-refractivity contribution in [1.29, 1.82) is 0 Å². The first-order chi connectivity index (χ1) is 15.6. The van der Waals surface area contributed by atoms with Crippen molar-refractivity contribution >= 4 is 45.2 Å². The number of ether oxygens (including phenoxy) is 2. The van der Waals surface area contributed by atoms with Gasteiger partial charge < -0.3 is 9.47 Å². The van der Waals surface area contributed by atoms with Crippen LogP contribution in [0.4, 0.5) is 0 Å². The largest absolute Gasteiger partial charge is 0.490 e. The summed E-state index contributed by atoms with van der Waals surface area (Å²) < 4.78 is 12.3. The van der Waals surface area contributed by atoms with Crippen molar-refractivity contribution in [1.82, 2.24) is 5.01 Å². The van der Waals surface area contributed by atoms with Gasteiger partial charge in [0, 0.05) is 21.3 Å². The lowest BCUT2D eigenvalue weighted by atomic mass is 10.0. The highest BCUT2D eigenvalue weighted by molar-refractivity contribution is 9.10. The number of halogens is 1. The fraction of sp³-hybridized carbons (Fsp3) is 0.208. The highest BCUT2D eigenvalue weighted by atomic mass is 79.9. The molecule has 3 aromatic rings. The molecule has 6 nitrogen and oxygen atoms in total. The average Bonchev–Trinajstić information content (AvgIpc) is 3.48. The summed E-state index contributed by atoms with van der Waals surface area (Å²) in [6.45, 7) is 2.06. The Morgan fingerprint density at radius 1 is 1.19 bits per heavy atom. The number of hydrazone groups is 1. The minimum atomic E-state index is -0.254. The number of hydrogen-bond donors (Lipinski definition) is 0. The lowest BCUT2D eigenvalue weighted by Gasteiger charge is -2.21. The van der Waals surface area contributed by atoms with Crippen molar-refractivity contribution in [2.24, 2.45) is 5.10 Å². The molecule has 4 rings (SSSR count). The Morgan fingerprint density at radius 3 is 2.78 bits per heavy atom. The first-order valence-electron chi connectivity index (χ1n) is 10.1. The molecule has 0 saturated heterocycles. The van der Waals surface area contributed by atoms with Crippen molar-refractivity contribution in [2.75, 3.05) is 13.2 Å². The molecule has 0 radical (unpaired) electrons. The molecule has 0 bridgehead atoms. The molecule has 164 valence electrons. The number of rotatable bonds is 8. The smallest absolute Gasteiger partial charge is 0.281 e. The van der Waals surface area contributed by atoms with Crippen molar-refractivity contribution in [3.8, 4) is 11.5 Å². The molecule has 1 aliphatic rings. The Bertz CT molecular complexity index is 1150. The molecule has 2 aromatic carbocycles. The van der Waals surface area contributed by atoms with Crippen LogP contribution in [0, 0.1) is 0 Å². The number of carbonyl (C=O) groups excluding carboxylic acids is 2. The third-order valence-electron chi connectivity index (χ3n) is 4.95. The third kappa shape index (κ3) is 4.92. The summed E-state index contributed by atoms with van der Waals surface area (Å²) in [5.41, 5.74) is 2.30. The van der Waals surface area contributed by atoms with E-state index < -0.39 is 0 Å². The van der Waals surface area contributed by atoms with Crippen LogP contribution in [0.15, 0.2) is 69.6 Å².